The molecule has 2 heterocycles. The van der Waals surface area contributed by atoms with Gasteiger partial charge in [-0.3, -0.25) is 14.9 Å². The van der Waals surface area contributed by atoms with Crippen molar-refractivity contribution in [2.75, 3.05) is 5.32 Å². The molecule has 0 fully saturated rings. The number of carbonyl (C=O) groups is 2. The van der Waals surface area contributed by atoms with Crippen LogP contribution >= 0.6 is 22.7 Å². The predicted octanol–water partition coefficient (Wildman–Crippen LogP) is 2.86. The zero-order valence-corrected chi connectivity index (χ0v) is 14.4. The van der Waals surface area contributed by atoms with Crippen LogP contribution in [-0.4, -0.2) is 21.8 Å². The highest BCUT2D eigenvalue weighted by atomic mass is 32.1. The van der Waals surface area contributed by atoms with Crippen LogP contribution in [0.25, 0.3) is 10.6 Å². The summed E-state index contributed by atoms with van der Waals surface area (Å²) in [7, 11) is 0. The number of benzene rings is 1. The summed E-state index contributed by atoms with van der Waals surface area (Å²) < 4.78 is 0. The number of nitrogens with zero attached hydrogens (tertiary/aromatic N) is 2. The summed E-state index contributed by atoms with van der Waals surface area (Å²) in [6.45, 7) is 1.80. The van der Waals surface area contributed by atoms with E-state index in [9.17, 15) is 9.59 Å². The summed E-state index contributed by atoms with van der Waals surface area (Å²) in [5.74, 6) is -0.712. The molecule has 6 nitrogen and oxygen atoms in total. The van der Waals surface area contributed by atoms with Gasteiger partial charge in [-0.1, -0.05) is 30.3 Å². The highest BCUT2D eigenvalue weighted by Gasteiger charge is 2.17. The van der Waals surface area contributed by atoms with E-state index < -0.39 is 5.91 Å². The first kappa shape index (κ1) is 16.3. The molecule has 24 heavy (non-hydrogen) atoms. The van der Waals surface area contributed by atoms with Crippen molar-refractivity contribution in [2.45, 2.75) is 13.3 Å². The van der Waals surface area contributed by atoms with Crippen molar-refractivity contribution in [2.24, 2.45) is 5.73 Å². The van der Waals surface area contributed by atoms with E-state index in [1.807, 2.05) is 30.3 Å². The molecule has 0 saturated heterocycles. The van der Waals surface area contributed by atoms with E-state index in [0.717, 1.165) is 10.6 Å². The number of carbonyl (C=O) groups excluding carboxylic acids is 2. The number of nitrogens with two attached hydrogens (primary N) is 1. The Labute approximate surface area is 146 Å². The summed E-state index contributed by atoms with van der Waals surface area (Å²) in [5.41, 5.74) is 7.33. The van der Waals surface area contributed by atoms with Gasteiger partial charge in [0.1, 0.15) is 9.88 Å². The second kappa shape index (κ2) is 6.90. The van der Waals surface area contributed by atoms with Gasteiger partial charge >= 0.3 is 0 Å². The third-order valence-corrected chi connectivity index (χ3v) is 5.16. The standard InChI is InChI=1S/C16H14N4O2S2/c1-9-13(24-15(18-9)10-5-3-2-4-6-10)14(22)20-16-19-11(8-23-16)7-12(17)21/h2-6,8H,7H2,1H3,(H2,17,21)(H,19,20,22). The fourth-order valence-electron chi connectivity index (χ4n) is 2.09. The minimum absolute atomic E-state index is 0.0596. The van der Waals surface area contributed by atoms with Gasteiger partial charge < -0.3 is 5.73 Å². The lowest BCUT2D eigenvalue weighted by atomic mass is 10.2. The normalized spacial score (nSPS) is 10.5. The van der Waals surface area contributed by atoms with Gasteiger partial charge in [0.2, 0.25) is 5.91 Å². The number of hydrogen-bond acceptors (Lipinski definition) is 6. The second-order valence-corrected chi connectivity index (χ2v) is 6.90. The number of hydrogen-bond donors (Lipinski definition) is 2. The molecule has 0 bridgehead atoms. The van der Waals surface area contributed by atoms with Crippen molar-refractivity contribution in [1.82, 2.24) is 9.97 Å². The van der Waals surface area contributed by atoms with Crippen LogP contribution in [0.2, 0.25) is 0 Å². The van der Waals surface area contributed by atoms with Crippen LogP contribution in [0, 0.1) is 6.92 Å². The number of primary amides is 1. The summed E-state index contributed by atoms with van der Waals surface area (Å²) >= 11 is 2.59. The minimum atomic E-state index is -0.455. The summed E-state index contributed by atoms with van der Waals surface area (Å²) in [6.07, 6.45) is 0.0596. The van der Waals surface area contributed by atoms with Gasteiger partial charge in [-0.15, -0.1) is 22.7 Å². The fourth-order valence-corrected chi connectivity index (χ4v) is 3.76. The number of thiazole rings is 2. The zero-order valence-electron chi connectivity index (χ0n) is 12.8. The Morgan fingerprint density at radius 2 is 1.96 bits per heavy atom. The third kappa shape index (κ3) is 3.66. The van der Waals surface area contributed by atoms with Crippen LogP contribution < -0.4 is 11.1 Å². The van der Waals surface area contributed by atoms with E-state index in [1.54, 1.807) is 12.3 Å². The molecular formula is C16H14N4O2S2. The van der Waals surface area contributed by atoms with Gasteiger partial charge in [-0.25, -0.2) is 9.97 Å². The Hall–Kier alpha value is -2.58. The Morgan fingerprint density at radius 3 is 2.67 bits per heavy atom. The van der Waals surface area contributed by atoms with Gasteiger partial charge in [0, 0.05) is 10.9 Å². The average molecular weight is 358 g/mol. The Morgan fingerprint density at radius 1 is 1.21 bits per heavy atom. The van der Waals surface area contributed by atoms with Crippen molar-refractivity contribution in [3.05, 3.63) is 52.0 Å². The van der Waals surface area contributed by atoms with Gasteiger partial charge in [-0.05, 0) is 6.92 Å². The smallest absolute Gasteiger partial charge is 0.269 e. The first-order valence-electron chi connectivity index (χ1n) is 7.10. The van der Waals surface area contributed by atoms with Crippen molar-refractivity contribution in [3.8, 4) is 10.6 Å². The monoisotopic (exact) mass is 358 g/mol. The molecule has 0 radical (unpaired) electrons. The minimum Gasteiger partial charge on any atom is -0.369 e. The molecule has 8 heteroatoms. The molecule has 3 N–H and O–H groups in total. The quantitative estimate of drug-likeness (QED) is 0.733. The number of aryl methyl sites for hydroxylation is 1. The lowest BCUT2D eigenvalue weighted by molar-refractivity contribution is -0.117. The maximum Gasteiger partial charge on any atom is 0.269 e. The van der Waals surface area contributed by atoms with E-state index in [-0.39, 0.29) is 12.3 Å². The van der Waals surface area contributed by atoms with Crippen LogP contribution in [0.5, 0.6) is 0 Å². The average Bonchev–Trinajstić information content (AvgIpc) is 3.14. The Balaban J connectivity index is 1.77. The van der Waals surface area contributed by atoms with Crippen molar-refractivity contribution < 1.29 is 9.59 Å². The van der Waals surface area contributed by atoms with E-state index >= 15 is 0 Å². The van der Waals surface area contributed by atoms with E-state index in [4.69, 9.17) is 5.73 Å². The lowest BCUT2D eigenvalue weighted by Crippen LogP contribution is -2.14. The summed E-state index contributed by atoms with van der Waals surface area (Å²) in [6, 6.07) is 9.71. The largest absolute Gasteiger partial charge is 0.369 e. The Kier molecular flexibility index (Phi) is 4.68. The molecule has 122 valence electrons. The van der Waals surface area contributed by atoms with Gasteiger partial charge in [0.25, 0.3) is 5.91 Å². The van der Waals surface area contributed by atoms with Crippen LogP contribution in [0.4, 0.5) is 5.13 Å². The molecule has 2 aromatic heterocycles. The topological polar surface area (TPSA) is 98.0 Å². The van der Waals surface area contributed by atoms with Gasteiger partial charge in [0.15, 0.2) is 5.13 Å². The van der Waals surface area contributed by atoms with Crippen LogP contribution in [0.15, 0.2) is 35.7 Å². The highest BCUT2D eigenvalue weighted by molar-refractivity contribution is 7.17. The van der Waals surface area contributed by atoms with E-state index in [0.29, 0.717) is 21.4 Å². The maximum atomic E-state index is 12.4. The molecule has 0 spiro atoms. The summed E-state index contributed by atoms with van der Waals surface area (Å²) in [5, 5.41) is 5.68. The molecule has 3 rings (SSSR count). The van der Waals surface area contributed by atoms with E-state index in [2.05, 4.69) is 15.3 Å². The molecule has 0 aliphatic carbocycles. The molecule has 2 amide bonds. The molecule has 0 aliphatic heterocycles. The second-order valence-electron chi connectivity index (χ2n) is 5.04. The third-order valence-electron chi connectivity index (χ3n) is 3.15. The number of nitrogens with one attached hydrogen (secondary N) is 1. The van der Waals surface area contributed by atoms with Crippen LogP contribution in [0.3, 0.4) is 0 Å². The number of aromatic nitrogens is 2. The molecule has 1 aromatic carbocycles. The first-order valence-corrected chi connectivity index (χ1v) is 8.79. The maximum absolute atomic E-state index is 12.4. The highest BCUT2D eigenvalue weighted by Crippen LogP contribution is 2.28. The van der Waals surface area contributed by atoms with Crippen molar-refractivity contribution in [1.29, 1.82) is 0 Å². The Bertz CT molecular complexity index is 887. The van der Waals surface area contributed by atoms with Gasteiger partial charge in [0.05, 0.1) is 17.8 Å². The van der Waals surface area contributed by atoms with Crippen molar-refractivity contribution >= 4 is 39.6 Å². The molecule has 0 aliphatic rings. The lowest BCUT2D eigenvalue weighted by Gasteiger charge is -1.99. The predicted molar refractivity (Wildman–Crippen MR) is 95.3 cm³/mol. The van der Waals surface area contributed by atoms with Gasteiger partial charge in [-0.2, -0.15) is 0 Å². The number of amides is 2. The molecular weight excluding hydrogens is 344 g/mol. The zero-order chi connectivity index (χ0) is 17.1. The SMILES string of the molecule is Cc1nc(-c2ccccc2)sc1C(=O)Nc1nc(CC(N)=O)cs1. The molecule has 0 saturated carbocycles. The van der Waals surface area contributed by atoms with Crippen LogP contribution in [0.1, 0.15) is 21.1 Å². The first-order chi connectivity index (χ1) is 11.5. The van der Waals surface area contributed by atoms with E-state index in [1.165, 1.54) is 22.7 Å². The molecule has 0 atom stereocenters. The van der Waals surface area contributed by atoms with Crippen molar-refractivity contribution in [3.63, 3.8) is 0 Å². The summed E-state index contributed by atoms with van der Waals surface area (Å²) in [4.78, 5) is 32.5. The van der Waals surface area contributed by atoms with Crippen LogP contribution in [-0.2, 0) is 11.2 Å². The molecule has 3 aromatic rings. The number of rotatable bonds is 5. The fraction of sp³-hybridized carbons (Fsp3) is 0.125. The molecule has 0 unspecified atom stereocenters. The number of anilines is 1.